The van der Waals surface area contributed by atoms with Crippen molar-refractivity contribution in [3.05, 3.63) is 60.0 Å². The van der Waals surface area contributed by atoms with Crippen LogP contribution in [-0.2, 0) is 14.8 Å². The molecule has 132 valence electrons. The number of nitrogens with one attached hydrogen (secondary N) is 2. The maximum atomic E-state index is 12.8. The summed E-state index contributed by atoms with van der Waals surface area (Å²) in [6.07, 6.45) is 0. The number of hydrogen-bond donors (Lipinski definition) is 2. The van der Waals surface area contributed by atoms with Crippen LogP contribution in [0.15, 0.2) is 64.9 Å². The van der Waals surface area contributed by atoms with Crippen LogP contribution in [0.5, 0.6) is 5.75 Å². The molecule has 0 saturated carbocycles. The molecule has 0 unspecified atom stereocenters. The van der Waals surface area contributed by atoms with E-state index in [9.17, 15) is 13.2 Å². The quantitative estimate of drug-likeness (QED) is 0.718. The monoisotopic (exact) mass is 386 g/mol. The van der Waals surface area contributed by atoms with Crippen molar-refractivity contribution in [1.29, 1.82) is 0 Å². The molecule has 1 amide bonds. The molecular weight excluding hydrogens is 372 g/mol. The van der Waals surface area contributed by atoms with Crippen LogP contribution in [0, 0.1) is 0 Å². The number of ether oxygens (including phenoxy) is 1. The lowest BCUT2D eigenvalue weighted by Gasteiger charge is -2.19. The number of rotatable bonds is 4. The van der Waals surface area contributed by atoms with E-state index >= 15 is 0 Å². The number of thiophene rings is 1. The molecule has 2 aromatic carbocycles. The van der Waals surface area contributed by atoms with Crippen LogP contribution >= 0.6 is 11.3 Å². The van der Waals surface area contributed by atoms with Crippen molar-refractivity contribution in [3.63, 3.8) is 0 Å². The van der Waals surface area contributed by atoms with Gasteiger partial charge in [0.2, 0.25) is 0 Å². The Kier molecular flexibility index (Phi) is 4.14. The first-order valence-corrected chi connectivity index (χ1v) is 10.1. The van der Waals surface area contributed by atoms with E-state index in [4.69, 9.17) is 4.74 Å². The second-order valence-electron chi connectivity index (χ2n) is 5.62. The standard InChI is InChI=1S/C18H14N2O4S2/c21-18-11-24-16-8-7-12(10-15(16)19-18)26(22,23)20-14-5-2-1-4-13(14)17-6-3-9-25-17/h1-10,20H,11H2,(H,19,21). The van der Waals surface area contributed by atoms with Crippen molar-refractivity contribution in [3.8, 4) is 16.2 Å². The van der Waals surface area contributed by atoms with Gasteiger partial charge in [-0.05, 0) is 35.7 Å². The number of sulfonamides is 1. The molecule has 0 bridgehead atoms. The van der Waals surface area contributed by atoms with Gasteiger partial charge in [-0.3, -0.25) is 9.52 Å². The Hall–Kier alpha value is -2.84. The number of carbonyl (C=O) groups excluding carboxylic acids is 1. The van der Waals surface area contributed by atoms with Gasteiger partial charge in [-0.2, -0.15) is 0 Å². The number of hydrogen-bond acceptors (Lipinski definition) is 5. The summed E-state index contributed by atoms with van der Waals surface area (Å²) >= 11 is 1.53. The van der Waals surface area contributed by atoms with Gasteiger partial charge in [-0.15, -0.1) is 11.3 Å². The maximum absolute atomic E-state index is 12.8. The van der Waals surface area contributed by atoms with Crippen LogP contribution in [0.25, 0.3) is 10.4 Å². The molecule has 0 spiro atoms. The first kappa shape index (κ1) is 16.6. The Morgan fingerprint density at radius 1 is 1.08 bits per heavy atom. The Balaban J connectivity index is 1.69. The number of para-hydroxylation sites is 1. The lowest BCUT2D eigenvalue weighted by atomic mass is 10.1. The zero-order chi connectivity index (χ0) is 18.1. The summed E-state index contributed by atoms with van der Waals surface area (Å²) in [5.41, 5.74) is 1.64. The Labute approximate surface area is 154 Å². The van der Waals surface area contributed by atoms with E-state index in [1.165, 1.54) is 29.5 Å². The third-order valence-corrected chi connectivity index (χ3v) is 6.12. The van der Waals surface area contributed by atoms with Crippen LogP contribution in [0.3, 0.4) is 0 Å². The second kappa shape index (κ2) is 6.47. The Morgan fingerprint density at radius 2 is 1.92 bits per heavy atom. The molecule has 0 aliphatic carbocycles. The summed E-state index contributed by atoms with van der Waals surface area (Å²) in [5.74, 6) is 0.130. The van der Waals surface area contributed by atoms with Crippen molar-refractivity contribution in [2.75, 3.05) is 16.6 Å². The molecule has 0 fully saturated rings. The molecule has 1 aliphatic rings. The molecule has 6 nitrogen and oxygen atoms in total. The van der Waals surface area contributed by atoms with Crippen molar-refractivity contribution in [2.45, 2.75) is 4.90 Å². The van der Waals surface area contributed by atoms with Gasteiger partial charge in [0.05, 0.1) is 16.3 Å². The predicted molar refractivity (Wildman–Crippen MR) is 101 cm³/mol. The van der Waals surface area contributed by atoms with Gasteiger partial charge >= 0.3 is 0 Å². The third kappa shape index (κ3) is 3.16. The van der Waals surface area contributed by atoms with E-state index in [1.54, 1.807) is 12.1 Å². The predicted octanol–water partition coefficient (Wildman–Crippen LogP) is 3.55. The van der Waals surface area contributed by atoms with Crippen LogP contribution in [0.4, 0.5) is 11.4 Å². The zero-order valence-corrected chi connectivity index (χ0v) is 15.1. The SMILES string of the molecule is O=C1COc2ccc(S(=O)(=O)Nc3ccccc3-c3cccs3)cc2N1. The van der Waals surface area contributed by atoms with Crippen molar-refractivity contribution in [1.82, 2.24) is 0 Å². The average molecular weight is 386 g/mol. The normalized spacial score (nSPS) is 13.5. The maximum Gasteiger partial charge on any atom is 0.262 e. The molecule has 1 aliphatic heterocycles. The Morgan fingerprint density at radius 3 is 2.73 bits per heavy atom. The lowest BCUT2D eigenvalue weighted by molar-refractivity contribution is -0.118. The first-order valence-electron chi connectivity index (χ1n) is 7.75. The van der Waals surface area contributed by atoms with Gasteiger partial charge in [0.25, 0.3) is 15.9 Å². The van der Waals surface area contributed by atoms with Crippen molar-refractivity contribution >= 4 is 38.6 Å². The molecule has 26 heavy (non-hydrogen) atoms. The van der Waals surface area contributed by atoms with Crippen molar-refractivity contribution < 1.29 is 17.9 Å². The minimum Gasteiger partial charge on any atom is -0.482 e. The fourth-order valence-electron chi connectivity index (χ4n) is 2.65. The molecule has 0 atom stereocenters. The second-order valence-corrected chi connectivity index (χ2v) is 8.25. The lowest BCUT2D eigenvalue weighted by Crippen LogP contribution is -2.25. The van der Waals surface area contributed by atoms with Gasteiger partial charge in [0, 0.05) is 10.4 Å². The van der Waals surface area contributed by atoms with Gasteiger partial charge in [0.1, 0.15) is 5.75 Å². The number of amides is 1. The fraction of sp³-hybridized carbons (Fsp3) is 0.0556. The van der Waals surface area contributed by atoms with E-state index in [-0.39, 0.29) is 17.4 Å². The topological polar surface area (TPSA) is 84.5 Å². The van der Waals surface area contributed by atoms with E-state index in [2.05, 4.69) is 10.0 Å². The fourth-order valence-corrected chi connectivity index (χ4v) is 4.52. The smallest absolute Gasteiger partial charge is 0.262 e. The third-order valence-electron chi connectivity index (χ3n) is 3.85. The van der Waals surface area contributed by atoms with E-state index in [0.717, 1.165) is 10.4 Å². The molecule has 3 aromatic rings. The molecule has 2 N–H and O–H groups in total. The van der Waals surface area contributed by atoms with E-state index in [1.807, 2.05) is 29.6 Å². The molecule has 4 rings (SSSR count). The first-order chi connectivity index (χ1) is 12.5. The number of benzene rings is 2. The molecule has 8 heteroatoms. The average Bonchev–Trinajstić information content (AvgIpc) is 3.15. The highest BCUT2D eigenvalue weighted by atomic mass is 32.2. The summed E-state index contributed by atoms with van der Waals surface area (Å²) < 4.78 is 33.6. The van der Waals surface area contributed by atoms with E-state index in [0.29, 0.717) is 17.1 Å². The summed E-state index contributed by atoms with van der Waals surface area (Å²) in [6.45, 7) is -0.0778. The summed E-state index contributed by atoms with van der Waals surface area (Å²) in [5, 5.41) is 4.55. The van der Waals surface area contributed by atoms with Crippen LogP contribution in [0.1, 0.15) is 0 Å². The summed E-state index contributed by atoms with van der Waals surface area (Å²) in [7, 11) is -3.83. The Bertz CT molecular complexity index is 1080. The van der Waals surface area contributed by atoms with Crippen LogP contribution in [0.2, 0.25) is 0 Å². The van der Waals surface area contributed by atoms with E-state index < -0.39 is 10.0 Å². The number of anilines is 2. The molecule has 0 radical (unpaired) electrons. The van der Waals surface area contributed by atoms with Crippen LogP contribution in [-0.4, -0.2) is 20.9 Å². The molecule has 0 saturated heterocycles. The van der Waals surface area contributed by atoms with Gasteiger partial charge in [-0.25, -0.2) is 8.42 Å². The zero-order valence-electron chi connectivity index (χ0n) is 13.4. The largest absolute Gasteiger partial charge is 0.482 e. The van der Waals surface area contributed by atoms with Crippen molar-refractivity contribution in [2.24, 2.45) is 0 Å². The number of fused-ring (bicyclic) bond motifs is 1. The van der Waals surface area contributed by atoms with Gasteiger partial charge in [0.15, 0.2) is 6.61 Å². The summed E-state index contributed by atoms with van der Waals surface area (Å²) in [6, 6.07) is 15.4. The highest BCUT2D eigenvalue weighted by molar-refractivity contribution is 7.92. The van der Waals surface area contributed by atoms with Gasteiger partial charge < -0.3 is 10.1 Å². The van der Waals surface area contributed by atoms with Gasteiger partial charge in [-0.1, -0.05) is 24.3 Å². The number of carbonyl (C=O) groups is 1. The highest BCUT2D eigenvalue weighted by Crippen LogP contribution is 2.34. The summed E-state index contributed by atoms with van der Waals surface area (Å²) in [4.78, 5) is 12.5. The van der Waals surface area contributed by atoms with Crippen LogP contribution < -0.4 is 14.8 Å². The minimum atomic E-state index is -3.83. The molecule has 1 aromatic heterocycles. The molecule has 2 heterocycles. The minimum absolute atomic E-state index is 0.0445. The highest BCUT2D eigenvalue weighted by Gasteiger charge is 2.22. The molecular formula is C18H14N2O4S2.